The Labute approximate surface area is 128 Å². The van der Waals surface area contributed by atoms with Crippen LogP contribution >= 0.6 is 12.2 Å². The van der Waals surface area contributed by atoms with Gasteiger partial charge in [-0.05, 0) is 61.5 Å². The number of fused-ring (bicyclic) bond motifs is 1. The minimum atomic E-state index is 0.572. The van der Waals surface area contributed by atoms with Gasteiger partial charge in [0.25, 0.3) is 0 Å². The van der Waals surface area contributed by atoms with Gasteiger partial charge in [0.15, 0.2) is 5.11 Å². The maximum Gasteiger partial charge on any atom is 0.175 e. The van der Waals surface area contributed by atoms with Crippen LogP contribution in [0.2, 0.25) is 0 Å². The molecule has 0 unspecified atom stereocenters. The zero-order valence-electron chi connectivity index (χ0n) is 11.9. The lowest BCUT2D eigenvalue weighted by molar-refractivity contribution is 1.12. The first-order valence-electron chi connectivity index (χ1n) is 6.70. The van der Waals surface area contributed by atoms with E-state index in [2.05, 4.69) is 52.9 Å². The average molecular weight is 296 g/mol. The average Bonchev–Trinajstić information content (AvgIpc) is 2.90. The highest BCUT2D eigenvalue weighted by Crippen LogP contribution is 2.19. The summed E-state index contributed by atoms with van der Waals surface area (Å²) >= 11 is 5.38. The third-order valence-corrected chi connectivity index (χ3v) is 3.55. The first kappa shape index (κ1) is 13.6. The summed E-state index contributed by atoms with van der Waals surface area (Å²) in [4.78, 5) is 0. The van der Waals surface area contributed by atoms with E-state index in [0.717, 1.165) is 27.8 Å². The Morgan fingerprint density at radius 2 is 1.95 bits per heavy atom. The van der Waals surface area contributed by atoms with Crippen LogP contribution in [0.15, 0.2) is 42.6 Å². The number of nitrogens with zero attached hydrogens (tertiary/aromatic N) is 1. The highest BCUT2D eigenvalue weighted by atomic mass is 32.1. The van der Waals surface area contributed by atoms with Gasteiger partial charge in [0.1, 0.15) is 0 Å². The van der Waals surface area contributed by atoms with Crippen molar-refractivity contribution in [3.05, 3.63) is 53.7 Å². The molecule has 21 heavy (non-hydrogen) atoms. The molecule has 0 radical (unpaired) electrons. The van der Waals surface area contributed by atoms with E-state index in [1.807, 2.05) is 18.2 Å². The van der Waals surface area contributed by atoms with E-state index in [1.54, 1.807) is 6.20 Å². The Kier molecular flexibility index (Phi) is 3.58. The molecular formula is C16H16N4S. The van der Waals surface area contributed by atoms with Gasteiger partial charge < -0.3 is 10.6 Å². The Hall–Kier alpha value is -2.40. The number of aromatic amines is 1. The molecule has 5 heteroatoms. The number of nitrogens with one attached hydrogen (secondary N) is 3. The van der Waals surface area contributed by atoms with Crippen LogP contribution in [-0.4, -0.2) is 15.3 Å². The van der Waals surface area contributed by atoms with Gasteiger partial charge in [-0.15, -0.1) is 0 Å². The third-order valence-electron chi connectivity index (χ3n) is 3.34. The van der Waals surface area contributed by atoms with E-state index in [9.17, 15) is 0 Å². The van der Waals surface area contributed by atoms with Crippen molar-refractivity contribution in [1.82, 2.24) is 10.2 Å². The van der Waals surface area contributed by atoms with Crippen molar-refractivity contribution in [2.75, 3.05) is 10.6 Å². The van der Waals surface area contributed by atoms with Crippen molar-refractivity contribution in [2.45, 2.75) is 13.8 Å². The van der Waals surface area contributed by atoms with Crippen LogP contribution in [0.1, 0.15) is 11.1 Å². The van der Waals surface area contributed by atoms with E-state index >= 15 is 0 Å². The topological polar surface area (TPSA) is 52.7 Å². The zero-order valence-corrected chi connectivity index (χ0v) is 12.7. The summed E-state index contributed by atoms with van der Waals surface area (Å²) in [5, 5.41) is 15.0. The second-order valence-electron chi connectivity index (χ2n) is 5.07. The molecule has 3 N–H and O–H groups in total. The van der Waals surface area contributed by atoms with Crippen molar-refractivity contribution < 1.29 is 0 Å². The van der Waals surface area contributed by atoms with E-state index in [-0.39, 0.29) is 0 Å². The lowest BCUT2D eigenvalue weighted by Gasteiger charge is -2.13. The third kappa shape index (κ3) is 3.03. The van der Waals surface area contributed by atoms with Gasteiger partial charge in [0.2, 0.25) is 0 Å². The molecule has 4 nitrogen and oxygen atoms in total. The highest BCUT2D eigenvalue weighted by molar-refractivity contribution is 7.80. The first-order chi connectivity index (χ1) is 10.1. The Balaban J connectivity index is 1.75. The first-order valence-corrected chi connectivity index (χ1v) is 7.11. The zero-order chi connectivity index (χ0) is 14.8. The normalized spacial score (nSPS) is 10.6. The predicted molar refractivity (Wildman–Crippen MR) is 91.9 cm³/mol. The Morgan fingerprint density at radius 1 is 1.10 bits per heavy atom. The second kappa shape index (κ2) is 5.54. The second-order valence-corrected chi connectivity index (χ2v) is 5.48. The van der Waals surface area contributed by atoms with E-state index in [4.69, 9.17) is 12.2 Å². The van der Waals surface area contributed by atoms with Gasteiger partial charge >= 0.3 is 0 Å². The summed E-state index contributed by atoms with van der Waals surface area (Å²) in [5.41, 5.74) is 5.29. The van der Waals surface area contributed by atoms with Crippen molar-refractivity contribution >= 4 is 39.6 Å². The van der Waals surface area contributed by atoms with Crippen molar-refractivity contribution in [2.24, 2.45) is 0 Å². The largest absolute Gasteiger partial charge is 0.332 e. The number of aryl methyl sites for hydroxylation is 2. The van der Waals surface area contributed by atoms with Crippen molar-refractivity contribution in [3.8, 4) is 0 Å². The Bertz CT molecular complexity index is 807. The molecule has 0 fully saturated rings. The molecule has 0 saturated carbocycles. The van der Waals surface area contributed by atoms with Gasteiger partial charge in [-0.1, -0.05) is 12.1 Å². The molecule has 1 aromatic heterocycles. The molecular weight excluding hydrogens is 280 g/mol. The quantitative estimate of drug-likeness (QED) is 0.626. The molecule has 0 spiro atoms. The number of hydrogen-bond donors (Lipinski definition) is 3. The molecule has 0 amide bonds. The maximum atomic E-state index is 5.38. The lowest BCUT2D eigenvalue weighted by atomic mass is 10.1. The van der Waals surface area contributed by atoms with Gasteiger partial charge in [-0.2, -0.15) is 5.10 Å². The monoisotopic (exact) mass is 296 g/mol. The molecule has 0 aliphatic heterocycles. The summed E-state index contributed by atoms with van der Waals surface area (Å²) in [6.45, 7) is 4.12. The van der Waals surface area contributed by atoms with Gasteiger partial charge in [-0.3, -0.25) is 5.10 Å². The molecule has 0 aliphatic rings. The summed E-state index contributed by atoms with van der Waals surface area (Å²) < 4.78 is 0. The van der Waals surface area contributed by atoms with Crippen LogP contribution in [0.4, 0.5) is 11.4 Å². The van der Waals surface area contributed by atoms with E-state index in [0.29, 0.717) is 5.11 Å². The highest BCUT2D eigenvalue weighted by Gasteiger charge is 2.03. The van der Waals surface area contributed by atoms with Crippen LogP contribution in [0.3, 0.4) is 0 Å². The fourth-order valence-electron chi connectivity index (χ4n) is 2.17. The molecule has 0 atom stereocenters. The minimum absolute atomic E-state index is 0.572. The molecule has 2 aromatic carbocycles. The standard InChI is InChI=1S/C16H16N4S/c1-10-3-4-11(2)14(7-10)19-16(21)18-13-6-5-12-9-17-20-15(12)8-13/h3-9H,1-2H3,(H,17,20)(H2,18,19,21). The maximum absolute atomic E-state index is 5.38. The van der Waals surface area contributed by atoms with Crippen LogP contribution in [0, 0.1) is 13.8 Å². The number of hydrogen-bond acceptors (Lipinski definition) is 2. The summed E-state index contributed by atoms with van der Waals surface area (Å²) in [5.74, 6) is 0. The summed E-state index contributed by atoms with van der Waals surface area (Å²) in [7, 11) is 0. The number of rotatable bonds is 2. The lowest BCUT2D eigenvalue weighted by Crippen LogP contribution is -2.19. The number of thiocarbonyl (C=S) groups is 1. The SMILES string of the molecule is Cc1ccc(C)c(NC(=S)Nc2ccc3cn[nH]c3c2)c1. The number of H-pyrrole nitrogens is 1. The van der Waals surface area contributed by atoms with Crippen LogP contribution in [0.5, 0.6) is 0 Å². The van der Waals surface area contributed by atoms with Crippen LogP contribution in [-0.2, 0) is 0 Å². The molecule has 1 heterocycles. The van der Waals surface area contributed by atoms with Crippen molar-refractivity contribution in [1.29, 1.82) is 0 Å². The molecule has 0 bridgehead atoms. The number of benzene rings is 2. The summed E-state index contributed by atoms with van der Waals surface area (Å²) in [6.07, 6.45) is 1.80. The molecule has 0 saturated heterocycles. The van der Waals surface area contributed by atoms with E-state index < -0.39 is 0 Å². The Morgan fingerprint density at radius 3 is 2.81 bits per heavy atom. The molecule has 3 aromatic rings. The summed E-state index contributed by atoms with van der Waals surface area (Å²) in [6, 6.07) is 12.2. The smallest absolute Gasteiger partial charge is 0.175 e. The number of aromatic nitrogens is 2. The van der Waals surface area contributed by atoms with Crippen molar-refractivity contribution in [3.63, 3.8) is 0 Å². The van der Waals surface area contributed by atoms with Gasteiger partial charge in [-0.25, -0.2) is 0 Å². The molecule has 0 aliphatic carbocycles. The predicted octanol–water partition coefficient (Wildman–Crippen LogP) is 3.99. The van der Waals surface area contributed by atoms with Gasteiger partial charge in [0.05, 0.1) is 11.7 Å². The molecule has 106 valence electrons. The van der Waals surface area contributed by atoms with E-state index in [1.165, 1.54) is 5.56 Å². The van der Waals surface area contributed by atoms with Gasteiger partial charge in [0, 0.05) is 16.8 Å². The van der Waals surface area contributed by atoms with Crippen LogP contribution in [0.25, 0.3) is 10.9 Å². The minimum Gasteiger partial charge on any atom is -0.332 e. The fourth-order valence-corrected chi connectivity index (χ4v) is 2.40. The van der Waals surface area contributed by atoms with Crippen LogP contribution < -0.4 is 10.6 Å². The molecule has 3 rings (SSSR count). The fraction of sp³-hybridized carbons (Fsp3) is 0.125. The number of anilines is 2.